The topological polar surface area (TPSA) is 81.0 Å². The molecule has 1 aromatic carbocycles. The van der Waals surface area contributed by atoms with Crippen molar-refractivity contribution in [3.63, 3.8) is 0 Å². The molecule has 1 fully saturated rings. The number of nitrogens with two attached hydrogens (primary N) is 1. The van der Waals surface area contributed by atoms with Crippen molar-refractivity contribution in [2.75, 3.05) is 5.73 Å². The lowest BCUT2D eigenvalue weighted by Gasteiger charge is -2.30. The van der Waals surface area contributed by atoms with Gasteiger partial charge in [0.25, 0.3) is 0 Å². The first-order chi connectivity index (χ1) is 10.0. The predicted octanol–water partition coefficient (Wildman–Crippen LogP) is 3.13. The summed E-state index contributed by atoms with van der Waals surface area (Å²) in [7, 11) is 0. The number of nitrogens with one attached hydrogen (secondary N) is 1. The molecule has 2 aromatic rings. The third kappa shape index (κ3) is 2.86. The van der Waals surface area contributed by atoms with Gasteiger partial charge < -0.3 is 10.5 Å². The monoisotopic (exact) mass is 287 g/mol. The standard InChI is InChI=1S/C16H21N3O2/c1-9-5-10(2)7-12(6-9)21-16(20)15-13-8-11(17)3-4-14(13)18-19-15/h3-4,8-10,12H,5-7,17H2,1-2H3,(H,18,19). The minimum absolute atomic E-state index is 0.0101. The zero-order chi connectivity index (χ0) is 15.0. The second-order valence-electron chi connectivity index (χ2n) is 6.32. The van der Waals surface area contributed by atoms with Crippen LogP contribution in [0, 0.1) is 11.8 Å². The summed E-state index contributed by atoms with van der Waals surface area (Å²) in [5.41, 5.74) is 7.50. The number of nitrogens with zero attached hydrogens (tertiary/aromatic N) is 1. The Morgan fingerprint density at radius 1 is 1.29 bits per heavy atom. The summed E-state index contributed by atoms with van der Waals surface area (Å²) in [5, 5.41) is 7.65. The van der Waals surface area contributed by atoms with Crippen LogP contribution in [0.1, 0.15) is 43.6 Å². The van der Waals surface area contributed by atoms with Gasteiger partial charge in [-0.05, 0) is 49.3 Å². The molecular formula is C16H21N3O2. The number of nitrogen functional groups attached to an aromatic ring is 1. The normalized spacial score (nSPS) is 25.9. The van der Waals surface area contributed by atoms with Gasteiger partial charge in [0.05, 0.1) is 5.52 Å². The number of hydrogen-bond donors (Lipinski definition) is 2. The Morgan fingerprint density at radius 2 is 2.00 bits per heavy atom. The van der Waals surface area contributed by atoms with Crippen LogP contribution in [0.4, 0.5) is 5.69 Å². The molecule has 5 nitrogen and oxygen atoms in total. The molecule has 0 spiro atoms. The predicted molar refractivity (Wildman–Crippen MR) is 81.9 cm³/mol. The maximum absolute atomic E-state index is 12.4. The molecule has 3 N–H and O–H groups in total. The number of ether oxygens (including phenoxy) is 1. The van der Waals surface area contributed by atoms with Gasteiger partial charge >= 0.3 is 5.97 Å². The van der Waals surface area contributed by atoms with Gasteiger partial charge in [-0.25, -0.2) is 4.79 Å². The molecule has 3 rings (SSSR count). The quantitative estimate of drug-likeness (QED) is 0.657. The second-order valence-corrected chi connectivity index (χ2v) is 6.32. The number of carbonyl (C=O) groups is 1. The molecular weight excluding hydrogens is 266 g/mol. The maximum atomic E-state index is 12.4. The number of hydrogen-bond acceptors (Lipinski definition) is 4. The molecule has 1 saturated carbocycles. The van der Waals surface area contributed by atoms with Crippen LogP contribution in [0.2, 0.25) is 0 Å². The van der Waals surface area contributed by atoms with Gasteiger partial charge in [0.2, 0.25) is 0 Å². The average Bonchev–Trinajstić information content (AvgIpc) is 2.80. The lowest BCUT2D eigenvalue weighted by atomic mass is 9.82. The Labute approximate surface area is 123 Å². The summed E-state index contributed by atoms with van der Waals surface area (Å²) in [6.45, 7) is 4.42. The number of fused-ring (bicyclic) bond motifs is 1. The number of carbonyl (C=O) groups excluding carboxylic acids is 1. The summed E-state index contributed by atoms with van der Waals surface area (Å²) >= 11 is 0. The van der Waals surface area contributed by atoms with Gasteiger partial charge in [-0.1, -0.05) is 13.8 Å². The van der Waals surface area contributed by atoms with Crippen LogP contribution < -0.4 is 5.73 Å². The highest BCUT2D eigenvalue weighted by Crippen LogP contribution is 2.31. The van der Waals surface area contributed by atoms with Crippen molar-refractivity contribution in [3.8, 4) is 0 Å². The number of aromatic amines is 1. The lowest BCUT2D eigenvalue weighted by molar-refractivity contribution is 0.00765. The lowest BCUT2D eigenvalue weighted by Crippen LogP contribution is -2.28. The van der Waals surface area contributed by atoms with Crippen molar-refractivity contribution in [2.45, 2.75) is 39.2 Å². The molecule has 1 aliphatic rings. The number of anilines is 1. The fourth-order valence-electron chi connectivity index (χ4n) is 3.36. The van der Waals surface area contributed by atoms with Gasteiger partial charge in [-0.15, -0.1) is 0 Å². The maximum Gasteiger partial charge on any atom is 0.359 e. The average molecular weight is 287 g/mol. The zero-order valence-corrected chi connectivity index (χ0v) is 12.4. The van der Waals surface area contributed by atoms with Crippen molar-refractivity contribution >= 4 is 22.6 Å². The Balaban J connectivity index is 1.79. The Kier molecular flexibility index (Phi) is 3.57. The summed E-state index contributed by atoms with van der Waals surface area (Å²) in [6, 6.07) is 5.35. The van der Waals surface area contributed by atoms with Gasteiger partial charge in [0.1, 0.15) is 6.10 Å². The van der Waals surface area contributed by atoms with E-state index in [2.05, 4.69) is 24.0 Å². The number of H-pyrrole nitrogens is 1. The Bertz CT molecular complexity index is 655. The van der Waals surface area contributed by atoms with Crippen molar-refractivity contribution in [2.24, 2.45) is 11.8 Å². The van der Waals surface area contributed by atoms with Crippen LogP contribution >= 0.6 is 0 Å². The van der Waals surface area contributed by atoms with Crippen LogP contribution in [0.25, 0.3) is 10.9 Å². The van der Waals surface area contributed by atoms with E-state index in [1.807, 2.05) is 6.07 Å². The number of rotatable bonds is 2. The molecule has 0 aliphatic heterocycles. The molecule has 2 atom stereocenters. The van der Waals surface area contributed by atoms with Crippen LogP contribution in [-0.4, -0.2) is 22.3 Å². The van der Waals surface area contributed by atoms with Crippen molar-refractivity contribution in [1.82, 2.24) is 10.2 Å². The van der Waals surface area contributed by atoms with E-state index < -0.39 is 0 Å². The van der Waals surface area contributed by atoms with Gasteiger partial charge in [0.15, 0.2) is 5.69 Å². The van der Waals surface area contributed by atoms with Crippen molar-refractivity contribution < 1.29 is 9.53 Å². The number of esters is 1. The molecule has 1 aromatic heterocycles. The van der Waals surface area contributed by atoms with Crippen LogP contribution in [0.15, 0.2) is 18.2 Å². The molecule has 0 saturated heterocycles. The molecule has 0 radical (unpaired) electrons. The minimum Gasteiger partial charge on any atom is -0.458 e. The highest BCUT2D eigenvalue weighted by atomic mass is 16.5. The highest BCUT2D eigenvalue weighted by molar-refractivity contribution is 6.02. The van der Waals surface area contributed by atoms with E-state index in [0.717, 1.165) is 23.7 Å². The van der Waals surface area contributed by atoms with Crippen LogP contribution in [0.3, 0.4) is 0 Å². The van der Waals surface area contributed by atoms with E-state index in [4.69, 9.17) is 10.5 Å². The second kappa shape index (κ2) is 5.39. The fraction of sp³-hybridized carbons (Fsp3) is 0.500. The molecule has 1 aliphatic carbocycles. The summed E-state index contributed by atoms with van der Waals surface area (Å²) < 4.78 is 5.66. The van der Waals surface area contributed by atoms with Crippen molar-refractivity contribution in [1.29, 1.82) is 0 Å². The first-order valence-corrected chi connectivity index (χ1v) is 7.47. The molecule has 0 bridgehead atoms. The number of aromatic nitrogens is 2. The van der Waals surface area contributed by atoms with Crippen LogP contribution in [-0.2, 0) is 4.74 Å². The Morgan fingerprint density at radius 3 is 2.71 bits per heavy atom. The SMILES string of the molecule is CC1CC(C)CC(OC(=O)c2n[nH]c3ccc(N)cc23)C1. The smallest absolute Gasteiger partial charge is 0.359 e. The third-order valence-corrected chi connectivity index (χ3v) is 4.19. The molecule has 21 heavy (non-hydrogen) atoms. The molecule has 1 heterocycles. The minimum atomic E-state index is -0.363. The van der Waals surface area contributed by atoms with Gasteiger partial charge in [-0.3, -0.25) is 5.10 Å². The summed E-state index contributed by atoms with van der Waals surface area (Å²) in [5.74, 6) is 0.828. The van der Waals surface area contributed by atoms with E-state index in [-0.39, 0.29) is 12.1 Å². The van der Waals surface area contributed by atoms with Crippen molar-refractivity contribution in [3.05, 3.63) is 23.9 Å². The molecule has 0 amide bonds. The largest absolute Gasteiger partial charge is 0.458 e. The van der Waals surface area contributed by atoms with E-state index >= 15 is 0 Å². The summed E-state index contributed by atoms with van der Waals surface area (Å²) in [6.07, 6.45) is 3.06. The van der Waals surface area contributed by atoms with E-state index in [1.165, 1.54) is 6.42 Å². The van der Waals surface area contributed by atoms with Crippen LogP contribution in [0.5, 0.6) is 0 Å². The summed E-state index contributed by atoms with van der Waals surface area (Å²) in [4.78, 5) is 12.4. The molecule has 2 unspecified atom stereocenters. The van der Waals surface area contributed by atoms with E-state index in [1.54, 1.807) is 12.1 Å². The first-order valence-electron chi connectivity index (χ1n) is 7.47. The Hall–Kier alpha value is -2.04. The third-order valence-electron chi connectivity index (χ3n) is 4.19. The molecule has 112 valence electrons. The van der Waals surface area contributed by atoms with E-state index in [9.17, 15) is 4.79 Å². The molecule has 5 heteroatoms. The van der Waals surface area contributed by atoms with E-state index in [0.29, 0.717) is 23.2 Å². The first kappa shape index (κ1) is 13.9. The number of benzene rings is 1. The zero-order valence-electron chi connectivity index (χ0n) is 12.4. The fourth-order valence-corrected chi connectivity index (χ4v) is 3.36. The van der Waals surface area contributed by atoms with Gasteiger partial charge in [0, 0.05) is 11.1 Å². The van der Waals surface area contributed by atoms with Gasteiger partial charge in [-0.2, -0.15) is 5.10 Å². The highest BCUT2D eigenvalue weighted by Gasteiger charge is 2.28.